The van der Waals surface area contributed by atoms with Gasteiger partial charge in [0.25, 0.3) is 0 Å². The standard InChI is InChI=1S/C19H21N3O2/c1-12-8-9-17(24-3)14(10-12)11-18(23)20-13(2)19-21-15-6-4-5-7-16(15)22-19/h4-10,13H,11H2,1-3H3,(H,20,23)(H,21,22)/t13-/m0/s1. The Balaban J connectivity index is 1.71. The smallest absolute Gasteiger partial charge is 0.225 e. The number of methoxy groups -OCH3 is 1. The zero-order chi connectivity index (χ0) is 17.1. The molecule has 0 aliphatic carbocycles. The largest absolute Gasteiger partial charge is 0.496 e. The number of ether oxygens (including phenoxy) is 1. The minimum absolute atomic E-state index is 0.0631. The van der Waals surface area contributed by atoms with Crippen molar-refractivity contribution in [1.29, 1.82) is 0 Å². The van der Waals surface area contributed by atoms with E-state index in [1.165, 1.54) is 0 Å². The van der Waals surface area contributed by atoms with Crippen LogP contribution < -0.4 is 10.1 Å². The number of hydrogen-bond donors (Lipinski definition) is 2. The first-order chi connectivity index (χ1) is 11.6. The summed E-state index contributed by atoms with van der Waals surface area (Å²) < 4.78 is 5.33. The predicted octanol–water partition coefficient (Wildman–Crippen LogP) is 3.30. The SMILES string of the molecule is COc1ccc(C)cc1CC(=O)N[C@@H](C)c1nc2ccccc2[nH]1. The molecule has 3 aromatic rings. The molecule has 0 bridgehead atoms. The van der Waals surface area contributed by atoms with Crippen LogP contribution in [0.1, 0.15) is 29.9 Å². The topological polar surface area (TPSA) is 67.0 Å². The molecule has 0 aliphatic heterocycles. The highest BCUT2D eigenvalue weighted by Gasteiger charge is 2.15. The summed E-state index contributed by atoms with van der Waals surface area (Å²) in [4.78, 5) is 20.2. The van der Waals surface area contributed by atoms with E-state index in [4.69, 9.17) is 4.74 Å². The molecule has 2 N–H and O–H groups in total. The summed E-state index contributed by atoms with van der Waals surface area (Å²) in [7, 11) is 1.61. The number of rotatable bonds is 5. The minimum Gasteiger partial charge on any atom is -0.496 e. The van der Waals surface area contributed by atoms with Crippen molar-refractivity contribution in [2.24, 2.45) is 0 Å². The number of aromatic nitrogens is 2. The lowest BCUT2D eigenvalue weighted by Crippen LogP contribution is -2.28. The summed E-state index contributed by atoms with van der Waals surface area (Å²) >= 11 is 0. The molecule has 0 spiro atoms. The zero-order valence-corrected chi connectivity index (χ0v) is 14.1. The van der Waals surface area contributed by atoms with E-state index in [1.807, 2.05) is 56.3 Å². The monoisotopic (exact) mass is 323 g/mol. The molecule has 0 fully saturated rings. The molecule has 1 atom stereocenters. The molecule has 0 saturated carbocycles. The maximum atomic E-state index is 12.4. The summed E-state index contributed by atoms with van der Waals surface area (Å²) in [5, 5.41) is 2.99. The van der Waals surface area contributed by atoms with Gasteiger partial charge in [0.05, 0.1) is 30.6 Å². The Morgan fingerprint density at radius 3 is 2.83 bits per heavy atom. The normalized spacial score (nSPS) is 12.1. The van der Waals surface area contributed by atoms with Gasteiger partial charge in [-0.25, -0.2) is 4.98 Å². The number of fused-ring (bicyclic) bond motifs is 1. The number of aromatic amines is 1. The van der Waals surface area contributed by atoms with Gasteiger partial charge in [0, 0.05) is 5.56 Å². The molecule has 2 aromatic carbocycles. The number of nitrogens with zero attached hydrogens (tertiary/aromatic N) is 1. The molecular formula is C19H21N3O2. The molecule has 0 unspecified atom stereocenters. The van der Waals surface area contributed by atoms with Crippen molar-refractivity contribution in [2.45, 2.75) is 26.3 Å². The van der Waals surface area contributed by atoms with Gasteiger partial charge in [0.2, 0.25) is 5.91 Å². The van der Waals surface area contributed by atoms with Gasteiger partial charge in [-0.1, -0.05) is 29.8 Å². The highest BCUT2D eigenvalue weighted by Crippen LogP contribution is 2.21. The minimum atomic E-state index is -0.194. The Labute approximate surface area is 141 Å². The van der Waals surface area contributed by atoms with Crippen LogP contribution >= 0.6 is 0 Å². The Bertz CT molecular complexity index is 837. The lowest BCUT2D eigenvalue weighted by molar-refractivity contribution is -0.121. The summed E-state index contributed by atoms with van der Waals surface area (Å²) in [5.74, 6) is 1.42. The van der Waals surface area contributed by atoms with Crippen LogP contribution in [0.3, 0.4) is 0 Å². The average Bonchev–Trinajstić information content (AvgIpc) is 2.99. The molecule has 0 aliphatic rings. The van der Waals surface area contributed by atoms with Gasteiger partial charge in [0.1, 0.15) is 11.6 Å². The van der Waals surface area contributed by atoms with E-state index in [-0.39, 0.29) is 18.4 Å². The quantitative estimate of drug-likeness (QED) is 0.757. The molecule has 1 aromatic heterocycles. The number of para-hydroxylation sites is 2. The average molecular weight is 323 g/mol. The summed E-state index contributed by atoms with van der Waals surface area (Å²) in [6.45, 7) is 3.92. The van der Waals surface area contributed by atoms with Crippen molar-refractivity contribution in [3.63, 3.8) is 0 Å². The van der Waals surface area contributed by atoms with Crippen molar-refractivity contribution < 1.29 is 9.53 Å². The van der Waals surface area contributed by atoms with Gasteiger partial charge in [-0.15, -0.1) is 0 Å². The van der Waals surface area contributed by atoms with E-state index in [9.17, 15) is 4.79 Å². The first kappa shape index (κ1) is 16.1. The van der Waals surface area contributed by atoms with Crippen LogP contribution in [0.15, 0.2) is 42.5 Å². The zero-order valence-electron chi connectivity index (χ0n) is 14.1. The second-order valence-corrected chi connectivity index (χ2v) is 5.92. The highest BCUT2D eigenvalue weighted by atomic mass is 16.5. The first-order valence-electron chi connectivity index (χ1n) is 7.94. The Morgan fingerprint density at radius 1 is 1.29 bits per heavy atom. The van der Waals surface area contributed by atoms with E-state index in [0.29, 0.717) is 0 Å². The summed E-state index contributed by atoms with van der Waals surface area (Å²) in [6, 6.07) is 13.5. The molecule has 0 saturated heterocycles. The third-order valence-corrected chi connectivity index (χ3v) is 3.98. The number of H-pyrrole nitrogens is 1. The van der Waals surface area contributed by atoms with E-state index >= 15 is 0 Å². The van der Waals surface area contributed by atoms with Crippen LogP contribution in [0.25, 0.3) is 11.0 Å². The number of hydrogen-bond acceptors (Lipinski definition) is 3. The number of amides is 1. The molecule has 5 heteroatoms. The first-order valence-corrected chi connectivity index (χ1v) is 7.94. The van der Waals surface area contributed by atoms with Crippen LogP contribution in [0, 0.1) is 6.92 Å². The Morgan fingerprint density at radius 2 is 2.08 bits per heavy atom. The number of imidazole rings is 1. The molecule has 124 valence electrons. The van der Waals surface area contributed by atoms with E-state index in [2.05, 4.69) is 15.3 Å². The van der Waals surface area contributed by atoms with E-state index in [0.717, 1.165) is 33.7 Å². The maximum Gasteiger partial charge on any atom is 0.225 e. The van der Waals surface area contributed by atoms with Crippen LogP contribution in [0.5, 0.6) is 5.75 Å². The van der Waals surface area contributed by atoms with Crippen molar-refractivity contribution >= 4 is 16.9 Å². The van der Waals surface area contributed by atoms with Gasteiger partial charge in [-0.2, -0.15) is 0 Å². The van der Waals surface area contributed by atoms with Gasteiger partial charge in [0.15, 0.2) is 0 Å². The fraction of sp³-hybridized carbons (Fsp3) is 0.263. The van der Waals surface area contributed by atoms with Crippen LogP contribution in [-0.4, -0.2) is 23.0 Å². The molecule has 1 amide bonds. The second kappa shape index (κ2) is 6.74. The van der Waals surface area contributed by atoms with Gasteiger partial charge in [-0.3, -0.25) is 4.79 Å². The summed E-state index contributed by atoms with van der Waals surface area (Å²) in [5.41, 5.74) is 3.85. The van der Waals surface area contributed by atoms with Gasteiger partial charge >= 0.3 is 0 Å². The van der Waals surface area contributed by atoms with Crippen molar-refractivity contribution in [2.75, 3.05) is 7.11 Å². The molecular weight excluding hydrogens is 302 g/mol. The van der Waals surface area contributed by atoms with Crippen LogP contribution in [0.4, 0.5) is 0 Å². The molecule has 0 radical (unpaired) electrons. The number of nitrogens with one attached hydrogen (secondary N) is 2. The maximum absolute atomic E-state index is 12.4. The van der Waals surface area contributed by atoms with E-state index < -0.39 is 0 Å². The Hall–Kier alpha value is -2.82. The fourth-order valence-electron chi connectivity index (χ4n) is 2.76. The predicted molar refractivity (Wildman–Crippen MR) is 94.1 cm³/mol. The number of carbonyl (C=O) groups excluding carboxylic acids is 1. The molecule has 1 heterocycles. The second-order valence-electron chi connectivity index (χ2n) is 5.92. The van der Waals surface area contributed by atoms with E-state index in [1.54, 1.807) is 7.11 Å². The van der Waals surface area contributed by atoms with Crippen molar-refractivity contribution in [3.05, 3.63) is 59.4 Å². The van der Waals surface area contributed by atoms with Crippen LogP contribution in [0.2, 0.25) is 0 Å². The lowest BCUT2D eigenvalue weighted by Gasteiger charge is -2.13. The van der Waals surface area contributed by atoms with Crippen LogP contribution in [-0.2, 0) is 11.2 Å². The van der Waals surface area contributed by atoms with Gasteiger partial charge in [-0.05, 0) is 32.0 Å². The number of benzene rings is 2. The number of aryl methyl sites for hydroxylation is 1. The molecule has 3 rings (SSSR count). The molecule has 5 nitrogen and oxygen atoms in total. The van der Waals surface area contributed by atoms with Crippen molar-refractivity contribution in [3.8, 4) is 5.75 Å². The van der Waals surface area contributed by atoms with Crippen molar-refractivity contribution in [1.82, 2.24) is 15.3 Å². The third kappa shape index (κ3) is 3.40. The third-order valence-electron chi connectivity index (χ3n) is 3.98. The molecule has 24 heavy (non-hydrogen) atoms. The highest BCUT2D eigenvalue weighted by molar-refractivity contribution is 5.80. The summed E-state index contributed by atoms with van der Waals surface area (Å²) in [6.07, 6.45) is 0.273. The fourth-order valence-corrected chi connectivity index (χ4v) is 2.76. The van der Waals surface area contributed by atoms with Gasteiger partial charge < -0.3 is 15.0 Å². The lowest BCUT2D eigenvalue weighted by atomic mass is 10.1. The number of carbonyl (C=O) groups is 1. The Kier molecular flexibility index (Phi) is 4.51.